The summed E-state index contributed by atoms with van der Waals surface area (Å²) in [4.78, 5) is 0. The lowest BCUT2D eigenvalue weighted by Crippen LogP contribution is -1.98. The van der Waals surface area contributed by atoms with E-state index in [9.17, 15) is 8.78 Å². The molecule has 0 aliphatic heterocycles. The standard InChI is InChI=1S/C9H10F2O3/c1-12-6-3-7(11)9(13-2)8(4-6)14-5-10/h3-4H,5H2,1-2H3. The van der Waals surface area contributed by atoms with Gasteiger partial charge in [0.15, 0.2) is 17.3 Å². The molecule has 0 amide bonds. The van der Waals surface area contributed by atoms with Gasteiger partial charge in [0.1, 0.15) is 5.75 Å². The van der Waals surface area contributed by atoms with Crippen LogP contribution in [0, 0.1) is 5.82 Å². The molecule has 0 spiro atoms. The van der Waals surface area contributed by atoms with Crippen LogP contribution in [0.5, 0.6) is 17.2 Å². The average Bonchev–Trinajstić information content (AvgIpc) is 2.18. The van der Waals surface area contributed by atoms with Gasteiger partial charge in [0.2, 0.25) is 6.86 Å². The first-order chi connectivity index (χ1) is 6.72. The van der Waals surface area contributed by atoms with Crippen LogP contribution in [0.2, 0.25) is 0 Å². The van der Waals surface area contributed by atoms with Gasteiger partial charge in [-0.15, -0.1) is 0 Å². The Morgan fingerprint density at radius 1 is 1.21 bits per heavy atom. The molecule has 1 rings (SSSR count). The molecule has 0 aromatic heterocycles. The number of rotatable bonds is 4. The zero-order valence-electron chi connectivity index (χ0n) is 7.84. The molecule has 0 saturated carbocycles. The van der Waals surface area contributed by atoms with Crippen molar-refractivity contribution in [1.29, 1.82) is 0 Å². The van der Waals surface area contributed by atoms with Crippen LogP contribution in [-0.2, 0) is 0 Å². The molecule has 0 saturated heterocycles. The maximum atomic E-state index is 13.2. The summed E-state index contributed by atoms with van der Waals surface area (Å²) in [5.74, 6) is -0.572. The summed E-state index contributed by atoms with van der Waals surface area (Å²) in [6.07, 6.45) is 0. The molecule has 0 unspecified atom stereocenters. The van der Waals surface area contributed by atoms with Crippen LogP contribution in [0.3, 0.4) is 0 Å². The lowest BCUT2D eigenvalue weighted by molar-refractivity contribution is 0.182. The van der Waals surface area contributed by atoms with Crippen LogP contribution in [0.1, 0.15) is 0 Å². The highest BCUT2D eigenvalue weighted by atomic mass is 19.1. The summed E-state index contributed by atoms with van der Waals surface area (Å²) in [6, 6.07) is 2.48. The van der Waals surface area contributed by atoms with E-state index in [1.807, 2.05) is 0 Å². The molecule has 78 valence electrons. The first kappa shape index (κ1) is 10.6. The normalized spacial score (nSPS) is 9.71. The second-order valence-electron chi connectivity index (χ2n) is 2.39. The molecular weight excluding hydrogens is 194 g/mol. The van der Waals surface area contributed by atoms with Crippen molar-refractivity contribution in [3.63, 3.8) is 0 Å². The molecule has 0 atom stereocenters. The van der Waals surface area contributed by atoms with Crippen LogP contribution in [-0.4, -0.2) is 21.1 Å². The molecule has 1 aromatic carbocycles. The third-order valence-corrected chi connectivity index (χ3v) is 1.63. The fraction of sp³-hybridized carbons (Fsp3) is 0.333. The van der Waals surface area contributed by atoms with Crippen LogP contribution >= 0.6 is 0 Å². The first-order valence-electron chi connectivity index (χ1n) is 3.83. The summed E-state index contributed by atoms with van der Waals surface area (Å²) in [5, 5.41) is 0. The summed E-state index contributed by atoms with van der Waals surface area (Å²) in [6.45, 7) is -1.05. The van der Waals surface area contributed by atoms with Gasteiger partial charge in [-0.1, -0.05) is 0 Å². The molecule has 0 N–H and O–H groups in total. The van der Waals surface area contributed by atoms with Gasteiger partial charge >= 0.3 is 0 Å². The summed E-state index contributed by atoms with van der Waals surface area (Å²) in [7, 11) is 2.65. The smallest absolute Gasteiger partial charge is 0.228 e. The second kappa shape index (κ2) is 4.64. The zero-order valence-corrected chi connectivity index (χ0v) is 7.84. The maximum Gasteiger partial charge on any atom is 0.228 e. The van der Waals surface area contributed by atoms with Crippen LogP contribution < -0.4 is 14.2 Å². The Bertz CT molecular complexity index is 315. The Kier molecular flexibility index (Phi) is 3.50. The van der Waals surface area contributed by atoms with Crippen molar-refractivity contribution in [1.82, 2.24) is 0 Å². The van der Waals surface area contributed by atoms with Gasteiger partial charge in [-0.3, -0.25) is 0 Å². The monoisotopic (exact) mass is 204 g/mol. The van der Waals surface area contributed by atoms with Crippen molar-refractivity contribution in [2.75, 3.05) is 21.1 Å². The summed E-state index contributed by atoms with van der Waals surface area (Å²) >= 11 is 0. The predicted octanol–water partition coefficient (Wildman–Crippen LogP) is 2.15. The molecule has 1 aromatic rings. The van der Waals surface area contributed by atoms with Crippen molar-refractivity contribution < 1.29 is 23.0 Å². The Labute approximate surface area is 80.2 Å². The minimum absolute atomic E-state index is 0.0214. The third-order valence-electron chi connectivity index (χ3n) is 1.63. The summed E-state index contributed by atoms with van der Waals surface area (Å²) in [5.41, 5.74) is 0. The van der Waals surface area contributed by atoms with E-state index in [0.717, 1.165) is 6.07 Å². The van der Waals surface area contributed by atoms with Gasteiger partial charge in [-0.2, -0.15) is 0 Å². The second-order valence-corrected chi connectivity index (χ2v) is 2.39. The zero-order chi connectivity index (χ0) is 10.6. The molecule has 0 fully saturated rings. The van der Waals surface area contributed by atoms with E-state index < -0.39 is 12.7 Å². The lowest BCUT2D eigenvalue weighted by Gasteiger charge is -2.10. The highest BCUT2D eigenvalue weighted by Crippen LogP contribution is 2.34. The van der Waals surface area contributed by atoms with E-state index in [2.05, 4.69) is 4.74 Å². The van der Waals surface area contributed by atoms with Crippen molar-refractivity contribution >= 4 is 0 Å². The molecule has 3 nitrogen and oxygen atoms in total. The van der Waals surface area contributed by atoms with Crippen LogP contribution in [0.25, 0.3) is 0 Å². The Hall–Kier alpha value is -1.52. The molecule has 0 aliphatic rings. The molecule has 0 bridgehead atoms. The fourth-order valence-electron chi connectivity index (χ4n) is 1.03. The SMILES string of the molecule is COc1cc(F)c(OC)c(OCF)c1. The number of alkyl halides is 1. The number of ether oxygens (including phenoxy) is 3. The van der Waals surface area contributed by atoms with E-state index in [4.69, 9.17) is 9.47 Å². The predicted molar refractivity (Wildman–Crippen MR) is 46.1 cm³/mol. The Morgan fingerprint density at radius 2 is 1.93 bits per heavy atom. The fourth-order valence-corrected chi connectivity index (χ4v) is 1.03. The number of methoxy groups -OCH3 is 2. The van der Waals surface area contributed by atoms with Gasteiger partial charge < -0.3 is 14.2 Å². The Balaban J connectivity index is 3.13. The molecular formula is C9H10F2O3. The van der Waals surface area contributed by atoms with Gasteiger partial charge in [0.05, 0.1) is 14.2 Å². The Morgan fingerprint density at radius 3 is 2.43 bits per heavy atom. The van der Waals surface area contributed by atoms with E-state index in [1.54, 1.807) is 0 Å². The average molecular weight is 204 g/mol. The molecule has 0 aliphatic carbocycles. The molecule has 0 heterocycles. The van der Waals surface area contributed by atoms with Crippen molar-refractivity contribution in [2.45, 2.75) is 0 Å². The minimum atomic E-state index is -1.05. The van der Waals surface area contributed by atoms with Gasteiger partial charge in [-0.05, 0) is 0 Å². The van der Waals surface area contributed by atoms with E-state index in [0.29, 0.717) is 0 Å². The first-order valence-corrected chi connectivity index (χ1v) is 3.83. The molecule has 14 heavy (non-hydrogen) atoms. The van der Waals surface area contributed by atoms with Crippen molar-refractivity contribution in [3.8, 4) is 17.2 Å². The van der Waals surface area contributed by atoms with Gasteiger partial charge in [0, 0.05) is 12.1 Å². The number of hydrogen-bond acceptors (Lipinski definition) is 3. The largest absolute Gasteiger partial charge is 0.497 e. The third kappa shape index (κ3) is 2.04. The van der Waals surface area contributed by atoms with Crippen LogP contribution in [0.4, 0.5) is 8.78 Å². The quantitative estimate of drug-likeness (QED) is 0.752. The van der Waals surface area contributed by atoms with E-state index in [1.165, 1.54) is 20.3 Å². The maximum absolute atomic E-state index is 13.2. The number of hydrogen-bond donors (Lipinski definition) is 0. The van der Waals surface area contributed by atoms with Gasteiger partial charge in [0.25, 0.3) is 0 Å². The number of benzene rings is 1. The van der Waals surface area contributed by atoms with Crippen molar-refractivity contribution in [3.05, 3.63) is 17.9 Å². The van der Waals surface area contributed by atoms with E-state index in [-0.39, 0.29) is 17.2 Å². The summed E-state index contributed by atoms with van der Waals surface area (Å²) < 4.78 is 39.2. The van der Waals surface area contributed by atoms with Crippen LogP contribution in [0.15, 0.2) is 12.1 Å². The molecule has 5 heteroatoms. The van der Waals surface area contributed by atoms with Crippen molar-refractivity contribution in [2.24, 2.45) is 0 Å². The van der Waals surface area contributed by atoms with Gasteiger partial charge in [-0.25, -0.2) is 8.78 Å². The number of halogens is 2. The topological polar surface area (TPSA) is 27.7 Å². The lowest BCUT2D eigenvalue weighted by atomic mass is 10.3. The highest BCUT2D eigenvalue weighted by molar-refractivity contribution is 5.46. The van der Waals surface area contributed by atoms with E-state index >= 15 is 0 Å². The molecule has 0 radical (unpaired) electrons. The minimum Gasteiger partial charge on any atom is -0.497 e. The highest BCUT2D eigenvalue weighted by Gasteiger charge is 2.13.